The first-order valence-electron chi connectivity index (χ1n) is 5.35. The quantitative estimate of drug-likeness (QED) is 0.731. The van der Waals surface area contributed by atoms with Crippen LogP contribution in [0.3, 0.4) is 0 Å². The van der Waals surface area contributed by atoms with Crippen LogP contribution in [0.15, 0.2) is 48.8 Å². The summed E-state index contributed by atoms with van der Waals surface area (Å²) in [6, 6.07) is 11.2. The average Bonchev–Trinajstić information content (AvgIpc) is 2.39. The van der Waals surface area contributed by atoms with Crippen molar-refractivity contribution in [2.75, 3.05) is 0 Å². The van der Waals surface area contributed by atoms with Crippen LogP contribution in [-0.4, -0.2) is 10.8 Å². The fraction of sp³-hybridized carbons (Fsp3) is 0.143. The molecule has 0 bridgehead atoms. The molecule has 0 fully saturated rings. The van der Waals surface area contributed by atoms with Crippen molar-refractivity contribution < 1.29 is 4.79 Å². The molecule has 2 heteroatoms. The van der Waals surface area contributed by atoms with Crippen LogP contribution >= 0.6 is 0 Å². The Balaban J connectivity index is 2.34. The van der Waals surface area contributed by atoms with Gasteiger partial charge in [0.1, 0.15) is 0 Å². The minimum Gasteiger partial charge on any atom is -0.289 e. The Hall–Kier alpha value is -1.96. The molecule has 0 aliphatic carbocycles. The predicted molar refractivity (Wildman–Crippen MR) is 63.5 cm³/mol. The molecule has 0 amide bonds. The lowest BCUT2D eigenvalue weighted by atomic mass is 10.0. The number of hydrogen-bond donors (Lipinski definition) is 0. The molecule has 0 spiro atoms. The molecule has 80 valence electrons. The van der Waals surface area contributed by atoms with E-state index in [4.69, 9.17) is 0 Å². The van der Waals surface area contributed by atoms with Crippen LogP contribution < -0.4 is 0 Å². The number of nitrogens with zero attached hydrogens (tertiary/aromatic N) is 1. The molecule has 1 aromatic heterocycles. The van der Waals surface area contributed by atoms with E-state index in [0.717, 1.165) is 12.0 Å². The van der Waals surface area contributed by atoms with Gasteiger partial charge in [-0.25, -0.2) is 0 Å². The molecular formula is C14H13NO. The molecular weight excluding hydrogens is 198 g/mol. The number of hydrogen-bond acceptors (Lipinski definition) is 2. The Kier molecular flexibility index (Phi) is 3.10. The van der Waals surface area contributed by atoms with Crippen molar-refractivity contribution in [3.8, 4) is 0 Å². The van der Waals surface area contributed by atoms with Gasteiger partial charge in [-0.15, -0.1) is 0 Å². The highest BCUT2D eigenvalue weighted by molar-refractivity contribution is 6.08. The highest BCUT2D eigenvalue weighted by Crippen LogP contribution is 2.11. The highest BCUT2D eigenvalue weighted by atomic mass is 16.1. The second-order valence-electron chi connectivity index (χ2n) is 3.62. The Labute approximate surface area is 95.0 Å². The van der Waals surface area contributed by atoms with E-state index in [0.29, 0.717) is 5.56 Å². The van der Waals surface area contributed by atoms with E-state index in [9.17, 15) is 4.79 Å². The van der Waals surface area contributed by atoms with E-state index in [1.54, 1.807) is 24.5 Å². The SMILES string of the molecule is CCc1cccc(C(=O)c2ccncc2)c1. The number of pyridine rings is 1. The molecule has 0 unspecified atom stereocenters. The van der Waals surface area contributed by atoms with Crippen molar-refractivity contribution in [3.63, 3.8) is 0 Å². The van der Waals surface area contributed by atoms with Crippen LogP contribution in [0.25, 0.3) is 0 Å². The summed E-state index contributed by atoms with van der Waals surface area (Å²) in [4.78, 5) is 16.0. The van der Waals surface area contributed by atoms with Crippen molar-refractivity contribution in [1.82, 2.24) is 4.98 Å². The maximum Gasteiger partial charge on any atom is 0.193 e. The third-order valence-corrected chi connectivity index (χ3v) is 2.54. The molecule has 16 heavy (non-hydrogen) atoms. The monoisotopic (exact) mass is 211 g/mol. The molecule has 1 heterocycles. The maximum atomic E-state index is 12.1. The third kappa shape index (κ3) is 2.16. The summed E-state index contributed by atoms with van der Waals surface area (Å²) in [5.74, 6) is 0.0534. The highest BCUT2D eigenvalue weighted by Gasteiger charge is 2.08. The zero-order valence-electron chi connectivity index (χ0n) is 9.18. The van der Waals surface area contributed by atoms with Crippen LogP contribution in [0.1, 0.15) is 28.4 Å². The smallest absolute Gasteiger partial charge is 0.193 e. The van der Waals surface area contributed by atoms with Gasteiger partial charge in [-0.3, -0.25) is 9.78 Å². The van der Waals surface area contributed by atoms with E-state index in [1.807, 2.05) is 24.3 Å². The maximum absolute atomic E-state index is 12.1. The van der Waals surface area contributed by atoms with Gasteiger partial charge < -0.3 is 0 Å². The second kappa shape index (κ2) is 4.71. The first-order chi connectivity index (χ1) is 7.81. The summed E-state index contributed by atoms with van der Waals surface area (Å²) in [6.07, 6.45) is 4.21. The predicted octanol–water partition coefficient (Wildman–Crippen LogP) is 2.88. The van der Waals surface area contributed by atoms with Crippen LogP contribution in [0.4, 0.5) is 0 Å². The summed E-state index contributed by atoms with van der Waals surface area (Å²) in [7, 11) is 0. The van der Waals surface area contributed by atoms with Crippen molar-refractivity contribution in [2.45, 2.75) is 13.3 Å². The van der Waals surface area contributed by atoms with Gasteiger partial charge in [0.2, 0.25) is 0 Å². The zero-order chi connectivity index (χ0) is 11.4. The van der Waals surface area contributed by atoms with Gasteiger partial charge in [0.15, 0.2) is 5.78 Å². The van der Waals surface area contributed by atoms with Gasteiger partial charge in [-0.1, -0.05) is 25.1 Å². The van der Waals surface area contributed by atoms with Crippen molar-refractivity contribution in [2.24, 2.45) is 0 Å². The minimum atomic E-state index is 0.0534. The summed E-state index contributed by atoms with van der Waals surface area (Å²) < 4.78 is 0. The fourth-order valence-electron chi connectivity index (χ4n) is 1.60. The summed E-state index contributed by atoms with van der Waals surface area (Å²) >= 11 is 0. The van der Waals surface area contributed by atoms with E-state index in [1.165, 1.54) is 5.56 Å². The summed E-state index contributed by atoms with van der Waals surface area (Å²) in [6.45, 7) is 2.08. The lowest BCUT2D eigenvalue weighted by molar-refractivity contribution is 0.103. The number of rotatable bonds is 3. The molecule has 0 aliphatic heterocycles. The largest absolute Gasteiger partial charge is 0.289 e. The van der Waals surface area contributed by atoms with Crippen LogP contribution in [-0.2, 0) is 6.42 Å². The molecule has 0 saturated carbocycles. The molecule has 1 aromatic carbocycles. The number of benzene rings is 1. The summed E-state index contributed by atoms with van der Waals surface area (Å²) in [5.41, 5.74) is 2.61. The molecule has 2 aromatic rings. The van der Waals surface area contributed by atoms with Crippen LogP contribution in [0, 0.1) is 0 Å². The number of aryl methyl sites for hydroxylation is 1. The molecule has 0 saturated heterocycles. The fourth-order valence-corrected chi connectivity index (χ4v) is 1.60. The van der Waals surface area contributed by atoms with Crippen LogP contribution in [0.5, 0.6) is 0 Å². The topological polar surface area (TPSA) is 30.0 Å². The van der Waals surface area contributed by atoms with Crippen molar-refractivity contribution >= 4 is 5.78 Å². The minimum absolute atomic E-state index is 0.0534. The Bertz CT molecular complexity index is 491. The van der Waals surface area contributed by atoms with Gasteiger partial charge in [-0.2, -0.15) is 0 Å². The van der Waals surface area contributed by atoms with Crippen molar-refractivity contribution in [1.29, 1.82) is 0 Å². The lowest BCUT2D eigenvalue weighted by Crippen LogP contribution is -2.01. The molecule has 2 rings (SSSR count). The molecule has 0 radical (unpaired) electrons. The number of carbonyl (C=O) groups excluding carboxylic acids is 1. The van der Waals surface area contributed by atoms with Crippen LogP contribution in [0.2, 0.25) is 0 Å². The number of ketones is 1. The Morgan fingerprint density at radius 3 is 2.56 bits per heavy atom. The lowest BCUT2D eigenvalue weighted by Gasteiger charge is -2.02. The molecule has 0 atom stereocenters. The van der Waals surface area contributed by atoms with Crippen molar-refractivity contribution in [3.05, 3.63) is 65.5 Å². The Morgan fingerprint density at radius 2 is 1.88 bits per heavy atom. The van der Waals surface area contributed by atoms with E-state index < -0.39 is 0 Å². The molecule has 0 aliphatic rings. The molecule has 2 nitrogen and oxygen atoms in total. The van der Waals surface area contributed by atoms with E-state index in [2.05, 4.69) is 11.9 Å². The number of aromatic nitrogens is 1. The molecule has 0 N–H and O–H groups in total. The van der Waals surface area contributed by atoms with E-state index in [-0.39, 0.29) is 5.78 Å². The third-order valence-electron chi connectivity index (χ3n) is 2.54. The van der Waals surface area contributed by atoms with Gasteiger partial charge in [-0.05, 0) is 30.2 Å². The van der Waals surface area contributed by atoms with Gasteiger partial charge >= 0.3 is 0 Å². The van der Waals surface area contributed by atoms with Gasteiger partial charge in [0.25, 0.3) is 0 Å². The summed E-state index contributed by atoms with van der Waals surface area (Å²) in [5, 5.41) is 0. The number of carbonyl (C=O) groups is 1. The first kappa shape index (κ1) is 10.6. The second-order valence-corrected chi connectivity index (χ2v) is 3.62. The zero-order valence-corrected chi connectivity index (χ0v) is 9.18. The average molecular weight is 211 g/mol. The Morgan fingerprint density at radius 1 is 1.12 bits per heavy atom. The van der Waals surface area contributed by atoms with E-state index >= 15 is 0 Å². The van der Waals surface area contributed by atoms with Gasteiger partial charge in [0, 0.05) is 23.5 Å². The first-order valence-corrected chi connectivity index (χ1v) is 5.35. The normalized spacial score (nSPS) is 10.1. The van der Waals surface area contributed by atoms with Gasteiger partial charge in [0.05, 0.1) is 0 Å². The standard InChI is InChI=1S/C14H13NO/c1-2-11-4-3-5-13(10-11)14(16)12-6-8-15-9-7-12/h3-10H,2H2,1H3.